The van der Waals surface area contributed by atoms with Crippen LogP contribution >= 0.6 is 0 Å². The maximum Gasteiger partial charge on any atom is 0.311 e. The monoisotopic (exact) mass is 353 g/mol. The fourth-order valence-electron chi connectivity index (χ4n) is 2.34. The Morgan fingerprint density at radius 2 is 2.15 bits per heavy atom. The van der Waals surface area contributed by atoms with Crippen molar-refractivity contribution in [3.63, 3.8) is 0 Å². The van der Waals surface area contributed by atoms with E-state index in [9.17, 15) is 14.9 Å². The SMILES string of the molecule is CCOc1ccc(C(=O)Nc2cccnc2-n2cccn2)cc1[N+](=O)[O-]. The molecule has 1 aromatic carbocycles. The molecule has 132 valence electrons. The van der Waals surface area contributed by atoms with E-state index in [1.54, 1.807) is 43.7 Å². The third-order valence-corrected chi connectivity index (χ3v) is 3.47. The summed E-state index contributed by atoms with van der Waals surface area (Å²) in [5, 5.41) is 18.0. The van der Waals surface area contributed by atoms with Gasteiger partial charge in [-0.1, -0.05) is 0 Å². The Morgan fingerprint density at radius 1 is 1.31 bits per heavy atom. The maximum atomic E-state index is 12.5. The van der Waals surface area contributed by atoms with Crippen LogP contribution < -0.4 is 10.1 Å². The number of nitrogens with zero attached hydrogens (tertiary/aromatic N) is 4. The minimum atomic E-state index is -0.582. The summed E-state index contributed by atoms with van der Waals surface area (Å²) in [5.41, 5.74) is 0.297. The number of hydrogen-bond acceptors (Lipinski definition) is 6. The molecule has 0 fully saturated rings. The lowest BCUT2D eigenvalue weighted by molar-refractivity contribution is -0.385. The fraction of sp³-hybridized carbons (Fsp3) is 0.118. The van der Waals surface area contributed by atoms with Crippen molar-refractivity contribution >= 4 is 17.3 Å². The molecule has 3 rings (SSSR count). The van der Waals surface area contributed by atoms with Crippen LogP contribution in [0.2, 0.25) is 0 Å². The molecule has 26 heavy (non-hydrogen) atoms. The van der Waals surface area contributed by atoms with Crippen molar-refractivity contribution in [1.29, 1.82) is 0 Å². The normalized spacial score (nSPS) is 10.3. The topological polar surface area (TPSA) is 112 Å². The lowest BCUT2D eigenvalue weighted by Crippen LogP contribution is -2.15. The number of nitro groups is 1. The first-order valence-electron chi connectivity index (χ1n) is 7.77. The van der Waals surface area contributed by atoms with E-state index in [0.717, 1.165) is 0 Å². The van der Waals surface area contributed by atoms with Crippen LogP contribution in [-0.4, -0.2) is 32.2 Å². The quantitative estimate of drug-likeness (QED) is 0.539. The van der Waals surface area contributed by atoms with Gasteiger partial charge in [0.15, 0.2) is 11.6 Å². The molecular formula is C17H15N5O4. The van der Waals surface area contributed by atoms with Gasteiger partial charge < -0.3 is 10.1 Å². The first-order valence-corrected chi connectivity index (χ1v) is 7.77. The average molecular weight is 353 g/mol. The van der Waals surface area contributed by atoms with E-state index in [0.29, 0.717) is 11.5 Å². The van der Waals surface area contributed by atoms with E-state index < -0.39 is 10.8 Å². The molecule has 1 amide bonds. The summed E-state index contributed by atoms with van der Waals surface area (Å²) >= 11 is 0. The number of anilines is 1. The number of nitrogens with one attached hydrogen (secondary N) is 1. The van der Waals surface area contributed by atoms with E-state index in [2.05, 4.69) is 15.4 Å². The molecule has 0 bridgehead atoms. The first-order chi connectivity index (χ1) is 12.6. The number of rotatable bonds is 6. The number of carbonyl (C=O) groups is 1. The number of pyridine rings is 1. The van der Waals surface area contributed by atoms with Gasteiger partial charge in [-0.3, -0.25) is 14.9 Å². The van der Waals surface area contributed by atoms with Crippen LogP contribution in [0.15, 0.2) is 55.0 Å². The van der Waals surface area contributed by atoms with Crippen LogP contribution in [-0.2, 0) is 0 Å². The van der Waals surface area contributed by atoms with E-state index in [4.69, 9.17) is 4.74 Å². The molecule has 0 saturated carbocycles. The molecule has 9 nitrogen and oxygen atoms in total. The molecule has 9 heteroatoms. The maximum absolute atomic E-state index is 12.5. The summed E-state index contributed by atoms with van der Waals surface area (Å²) in [7, 11) is 0. The second kappa shape index (κ2) is 7.43. The highest BCUT2D eigenvalue weighted by atomic mass is 16.6. The number of carbonyl (C=O) groups excluding carboxylic acids is 1. The molecule has 3 aromatic rings. The van der Waals surface area contributed by atoms with Gasteiger partial charge in [-0.05, 0) is 37.3 Å². The highest BCUT2D eigenvalue weighted by molar-refractivity contribution is 6.05. The molecule has 0 unspecified atom stereocenters. The Kier molecular flexibility index (Phi) is 4.88. The highest BCUT2D eigenvalue weighted by Crippen LogP contribution is 2.28. The van der Waals surface area contributed by atoms with Crippen LogP contribution in [0, 0.1) is 10.1 Å². The Balaban J connectivity index is 1.90. The number of benzene rings is 1. The lowest BCUT2D eigenvalue weighted by Gasteiger charge is -2.10. The predicted octanol–water partition coefficient (Wildman–Crippen LogP) is 2.83. The summed E-state index contributed by atoms with van der Waals surface area (Å²) in [6, 6.07) is 9.14. The summed E-state index contributed by atoms with van der Waals surface area (Å²) < 4.78 is 6.73. The molecule has 0 spiro atoms. The van der Waals surface area contributed by atoms with Crippen molar-refractivity contribution in [2.75, 3.05) is 11.9 Å². The van der Waals surface area contributed by atoms with Gasteiger partial charge in [-0.15, -0.1) is 0 Å². The van der Waals surface area contributed by atoms with E-state index in [-0.39, 0.29) is 23.6 Å². The number of hydrogen-bond donors (Lipinski definition) is 1. The zero-order chi connectivity index (χ0) is 18.5. The molecule has 0 saturated heterocycles. The largest absolute Gasteiger partial charge is 0.487 e. The molecule has 0 aliphatic rings. The van der Waals surface area contributed by atoms with Crippen molar-refractivity contribution in [3.8, 4) is 11.6 Å². The van der Waals surface area contributed by atoms with Gasteiger partial charge >= 0.3 is 5.69 Å². The fourth-order valence-corrected chi connectivity index (χ4v) is 2.34. The van der Waals surface area contributed by atoms with Crippen LogP contribution in [0.3, 0.4) is 0 Å². The number of amides is 1. The zero-order valence-electron chi connectivity index (χ0n) is 13.8. The minimum absolute atomic E-state index is 0.118. The van der Waals surface area contributed by atoms with Gasteiger partial charge in [0, 0.05) is 30.2 Å². The molecule has 1 N–H and O–H groups in total. The molecule has 0 atom stereocenters. The summed E-state index contributed by atoms with van der Waals surface area (Å²) in [6.07, 6.45) is 4.87. The van der Waals surface area contributed by atoms with Crippen LogP contribution in [0.1, 0.15) is 17.3 Å². The van der Waals surface area contributed by atoms with E-state index >= 15 is 0 Å². The first kappa shape index (κ1) is 17.1. The van der Waals surface area contributed by atoms with Gasteiger partial charge in [0.1, 0.15) is 0 Å². The molecule has 0 aliphatic carbocycles. The smallest absolute Gasteiger partial charge is 0.311 e. The third-order valence-electron chi connectivity index (χ3n) is 3.47. The van der Waals surface area contributed by atoms with Crippen LogP contribution in [0.4, 0.5) is 11.4 Å². The second-order valence-corrected chi connectivity index (χ2v) is 5.15. The van der Waals surface area contributed by atoms with Gasteiger partial charge in [0.05, 0.1) is 17.2 Å². The van der Waals surface area contributed by atoms with E-state index in [1.807, 2.05) is 0 Å². The lowest BCUT2D eigenvalue weighted by atomic mass is 10.1. The number of aromatic nitrogens is 3. The van der Waals surface area contributed by atoms with Gasteiger partial charge in [-0.25, -0.2) is 9.67 Å². The standard InChI is InChI=1S/C17H15N5O4/c1-2-26-15-7-6-12(11-14(15)22(24)25)17(23)20-13-5-3-8-18-16(13)21-10-4-9-19-21/h3-11H,2H2,1H3,(H,20,23). The minimum Gasteiger partial charge on any atom is -0.487 e. The van der Waals surface area contributed by atoms with Crippen molar-refractivity contribution in [1.82, 2.24) is 14.8 Å². The Labute approximate surface area is 148 Å². The Morgan fingerprint density at radius 3 is 2.85 bits per heavy atom. The average Bonchev–Trinajstić information content (AvgIpc) is 3.17. The predicted molar refractivity (Wildman–Crippen MR) is 93.6 cm³/mol. The second-order valence-electron chi connectivity index (χ2n) is 5.15. The summed E-state index contributed by atoms with van der Waals surface area (Å²) in [5.74, 6) is 0.0523. The van der Waals surface area contributed by atoms with Gasteiger partial charge in [0.25, 0.3) is 5.91 Å². The zero-order valence-corrected chi connectivity index (χ0v) is 13.8. The molecule has 0 aliphatic heterocycles. The molecule has 0 radical (unpaired) electrons. The van der Waals surface area contributed by atoms with Gasteiger partial charge in [0.2, 0.25) is 0 Å². The Bertz CT molecular complexity index is 940. The van der Waals surface area contributed by atoms with Crippen LogP contribution in [0.5, 0.6) is 5.75 Å². The summed E-state index contributed by atoms with van der Waals surface area (Å²) in [6.45, 7) is 2.01. The van der Waals surface area contributed by atoms with Crippen LogP contribution in [0.25, 0.3) is 5.82 Å². The van der Waals surface area contributed by atoms with Gasteiger partial charge in [-0.2, -0.15) is 5.10 Å². The number of ether oxygens (including phenoxy) is 1. The molecule has 2 aromatic heterocycles. The number of nitro benzene ring substituents is 1. The highest BCUT2D eigenvalue weighted by Gasteiger charge is 2.19. The van der Waals surface area contributed by atoms with Crippen molar-refractivity contribution in [2.45, 2.75) is 6.92 Å². The van der Waals surface area contributed by atoms with E-state index in [1.165, 1.54) is 22.9 Å². The molecule has 2 heterocycles. The summed E-state index contributed by atoms with van der Waals surface area (Å²) in [4.78, 5) is 27.4. The molecular weight excluding hydrogens is 338 g/mol. The van der Waals surface area contributed by atoms with Crippen molar-refractivity contribution in [3.05, 3.63) is 70.7 Å². The van der Waals surface area contributed by atoms with Crippen molar-refractivity contribution in [2.24, 2.45) is 0 Å². The van der Waals surface area contributed by atoms with Crippen molar-refractivity contribution < 1.29 is 14.5 Å². The third kappa shape index (κ3) is 3.51. The Hall–Kier alpha value is -3.75.